The molecule has 0 amide bonds. The van der Waals surface area contributed by atoms with E-state index in [1.54, 1.807) is 36.7 Å². The number of hydrogen-bond acceptors (Lipinski definition) is 6. The van der Waals surface area contributed by atoms with Crippen LogP contribution in [0.3, 0.4) is 0 Å². The third-order valence-electron chi connectivity index (χ3n) is 5.39. The van der Waals surface area contributed by atoms with Crippen molar-refractivity contribution in [3.05, 3.63) is 103 Å². The van der Waals surface area contributed by atoms with Crippen LogP contribution in [0.2, 0.25) is 0 Å². The van der Waals surface area contributed by atoms with Gasteiger partial charge < -0.3 is 4.74 Å². The van der Waals surface area contributed by atoms with Gasteiger partial charge in [-0.3, -0.25) is 9.29 Å². The van der Waals surface area contributed by atoms with Crippen LogP contribution in [0.4, 0.5) is 10.1 Å². The maximum atomic E-state index is 13.2. The van der Waals surface area contributed by atoms with Crippen molar-refractivity contribution < 1.29 is 17.5 Å². The van der Waals surface area contributed by atoms with Crippen molar-refractivity contribution >= 4 is 26.6 Å². The monoisotopic (exact) mass is 486 g/mol. The van der Waals surface area contributed by atoms with Gasteiger partial charge in [-0.15, -0.1) is 0 Å². The molecule has 2 heterocycles. The van der Waals surface area contributed by atoms with Crippen LogP contribution in [0.15, 0.2) is 102 Å². The number of aromatic nitrogens is 3. The molecule has 0 aliphatic carbocycles. The SMILES string of the molecule is CN(c1ccc(Oc2nc(-c3ccncc3)nc3ccccc23)cc1)S(=O)(=O)c1ccc(F)cc1. The van der Waals surface area contributed by atoms with Gasteiger partial charge in [-0.1, -0.05) is 12.1 Å². The first kappa shape index (κ1) is 22.4. The van der Waals surface area contributed by atoms with Crippen LogP contribution in [-0.2, 0) is 10.0 Å². The Morgan fingerprint density at radius 3 is 2.23 bits per heavy atom. The van der Waals surface area contributed by atoms with Gasteiger partial charge in [0.15, 0.2) is 5.82 Å². The topological polar surface area (TPSA) is 85.3 Å². The maximum Gasteiger partial charge on any atom is 0.264 e. The molecule has 0 aliphatic rings. The van der Waals surface area contributed by atoms with E-state index < -0.39 is 15.8 Å². The molecule has 0 saturated carbocycles. The zero-order valence-electron chi connectivity index (χ0n) is 18.5. The fourth-order valence-electron chi connectivity index (χ4n) is 3.49. The fraction of sp³-hybridized carbons (Fsp3) is 0.0385. The molecule has 0 bridgehead atoms. The molecule has 35 heavy (non-hydrogen) atoms. The highest BCUT2D eigenvalue weighted by molar-refractivity contribution is 7.92. The Bertz CT molecular complexity index is 1590. The first-order chi connectivity index (χ1) is 16.9. The van der Waals surface area contributed by atoms with Crippen LogP contribution in [0, 0.1) is 5.82 Å². The lowest BCUT2D eigenvalue weighted by molar-refractivity contribution is 0.469. The van der Waals surface area contributed by atoms with E-state index in [1.165, 1.54) is 19.2 Å². The summed E-state index contributed by atoms with van der Waals surface area (Å²) in [7, 11) is -2.41. The van der Waals surface area contributed by atoms with Crippen molar-refractivity contribution in [2.24, 2.45) is 0 Å². The van der Waals surface area contributed by atoms with Crippen molar-refractivity contribution in [1.29, 1.82) is 0 Å². The summed E-state index contributed by atoms with van der Waals surface area (Å²) in [6, 6.07) is 22.4. The molecule has 3 aromatic carbocycles. The summed E-state index contributed by atoms with van der Waals surface area (Å²) in [4.78, 5) is 13.3. The minimum atomic E-state index is -3.85. The van der Waals surface area contributed by atoms with Gasteiger partial charge in [0.05, 0.1) is 21.5 Å². The second-order valence-corrected chi connectivity index (χ2v) is 9.60. The minimum Gasteiger partial charge on any atom is -0.438 e. The van der Waals surface area contributed by atoms with Gasteiger partial charge in [0.25, 0.3) is 10.0 Å². The smallest absolute Gasteiger partial charge is 0.264 e. The predicted octanol–water partition coefficient (Wildman–Crippen LogP) is 5.45. The lowest BCUT2D eigenvalue weighted by atomic mass is 10.2. The number of nitrogens with zero attached hydrogens (tertiary/aromatic N) is 4. The third kappa shape index (κ3) is 4.53. The molecule has 0 radical (unpaired) electrons. The van der Waals surface area contributed by atoms with Crippen LogP contribution in [-0.4, -0.2) is 30.4 Å². The predicted molar refractivity (Wildman–Crippen MR) is 131 cm³/mol. The van der Waals surface area contributed by atoms with Crippen molar-refractivity contribution in [3.8, 4) is 23.0 Å². The largest absolute Gasteiger partial charge is 0.438 e. The van der Waals surface area contributed by atoms with E-state index in [4.69, 9.17) is 4.74 Å². The Hall–Kier alpha value is -4.37. The molecule has 174 valence electrons. The molecule has 7 nitrogen and oxygen atoms in total. The Kier molecular flexibility index (Phi) is 5.84. The molecule has 5 aromatic rings. The van der Waals surface area contributed by atoms with E-state index in [9.17, 15) is 12.8 Å². The van der Waals surface area contributed by atoms with Crippen molar-refractivity contribution in [2.75, 3.05) is 11.4 Å². The lowest BCUT2D eigenvalue weighted by Crippen LogP contribution is -2.26. The minimum absolute atomic E-state index is 0.00202. The molecule has 0 atom stereocenters. The normalized spacial score (nSPS) is 11.4. The Morgan fingerprint density at radius 2 is 1.51 bits per heavy atom. The van der Waals surface area contributed by atoms with Gasteiger partial charge in [-0.05, 0) is 72.8 Å². The number of fused-ring (bicyclic) bond motifs is 1. The summed E-state index contributed by atoms with van der Waals surface area (Å²) in [5.41, 5.74) is 1.95. The van der Waals surface area contributed by atoms with Gasteiger partial charge in [-0.25, -0.2) is 17.8 Å². The average molecular weight is 487 g/mol. The Labute approximate surface area is 201 Å². The number of ether oxygens (including phenoxy) is 1. The van der Waals surface area contributed by atoms with E-state index in [-0.39, 0.29) is 4.90 Å². The van der Waals surface area contributed by atoms with Gasteiger partial charge >= 0.3 is 0 Å². The molecule has 2 aromatic heterocycles. The van der Waals surface area contributed by atoms with Crippen LogP contribution >= 0.6 is 0 Å². The van der Waals surface area contributed by atoms with Crippen LogP contribution in [0.5, 0.6) is 11.6 Å². The maximum absolute atomic E-state index is 13.2. The van der Waals surface area contributed by atoms with E-state index in [0.29, 0.717) is 23.1 Å². The molecule has 0 fully saturated rings. The van der Waals surface area contributed by atoms with Gasteiger partial charge in [0, 0.05) is 25.0 Å². The van der Waals surface area contributed by atoms with Crippen LogP contribution < -0.4 is 9.04 Å². The summed E-state index contributed by atoms with van der Waals surface area (Å²) >= 11 is 0. The van der Waals surface area contributed by atoms with Crippen LogP contribution in [0.25, 0.3) is 22.3 Å². The van der Waals surface area contributed by atoms with E-state index in [1.807, 2.05) is 36.4 Å². The van der Waals surface area contributed by atoms with Gasteiger partial charge in [0.2, 0.25) is 5.88 Å². The Balaban J connectivity index is 1.45. The quantitative estimate of drug-likeness (QED) is 0.317. The standard InChI is InChI=1S/C26H19FN4O3S/c1-31(35(32,33)22-12-6-19(27)7-13-22)20-8-10-21(11-9-20)34-26-23-4-2-3-5-24(23)29-25(30-26)18-14-16-28-17-15-18/h2-17H,1H3. The molecule has 0 N–H and O–H groups in total. The summed E-state index contributed by atoms with van der Waals surface area (Å²) in [5.74, 6) is 0.855. The number of sulfonamides is 1. The van der Waals surface area contributed by atoms with E-state index in [2.05, 4.69) is 15.0 Å². The number of hydrogen-bond donors (Lipinski definition) is 0. The summed E-state index contributed by atoms with van der Waals surface area (Å²) < 4.78 is 46.2. The summed E-state index contributed by atoms with van der Waals surface area (Å²) in [6.45, 7) is 0. The number of halogens is 1. The zero-order valence-corrected chi connectivity index (χ0v) is 19.4. The fourth-order valence-corrected chi connectivity index (χ4v) is 4.69. The second kappa shape index (κ2) is 9.11. The molecular formula is C26H19FN4O3S. The first-order valence-corrected chi connectivity index (χ1v) is 12.1. The molecule has 5 rings (SSSR count). The van der Waals surface area contributed by atoms with Gasteiger partial charge in [0.1, 0.15) is 11.6 Å². The second-order valence-electron chi connectivity index (χ2n) is 7.63. The number of pyridine rings is 1. The van der Waals surface area contributed by atoms with Gasteiger partial charge in [-0.2, -0.15) is 4.98 Å². The molecule has 0 saturated heterocycles. The van der Waals surface area contributed by atoms with Crippen molar-refractivity contribution in [1.82, 2.24) is 15.0 Å². The molecule has 0 spiro atoms. The molecular weight excluding hydrogens is 467 g/mol. The Morgan fingerprint density at radius 1 is 0.829 bits per heavy atom. The number of anilines is 1. The highest BCUT2D eigenvalue weighted by atomic mass is 32.2. The lowest BCUT2D eigenvalue weighted by Gasteiger charge is -2.20. The summed E-state index contributed by atoms with van der Waals surface area (Å²) in [6.07, 6.45) is 3.34. The van der Waals surface area contributed by atoms with Crippen molar-refractivity contribution in [2.45, 2.75) is 4.90 Å². The van der Waals surface area contributed by atoms with E-state index in [0.717, 1.165) is 32.9 Å². The first-order valence-electron chi connectivity index (χ1n) is 10.6. The van der Waals surface area contributed by atoms with E-state index >= 15 is 0 Å². The van der Waals surface area contributed by atoms with Crippen LogP contribution in [0.1, 0.15) is 0 Å². The zero-order chi connectivity index (χ0) is 24.4. The molecule has 0 aliphatic heterocycles. The number of para-hydroxylation sites is 1. The molecule has 0 unspecified atom stereocenters. The average Bonchev–Trinajstić information content (AvgIpc) is 2.89. The summed E-state index contributed by atoms with van der Waals surface area (Å²) in [5, 5.41) is 0.741. The number of rotatable bonds is 6. The highest BCUT2D eigenvalue weighted by Crippen LogP contribution is 2.31. The highest BCUT2D eigenvalue weighted by Gasteiger charge is 2.21. The van der Waals surface area contributed by atoms with Crippen molar-refractivity contribution in [3.63, 3.8) is 0 Å². The third-order valence-corrected chi connectivity index (χ3v) is 7.19. The number of benzene rings is 3. The molecule has 9 heteroatoms.